The van der Waals surface area contributed by atoms with E-state index in [1.54, 1.807) is 11.0 Å². The predicted molar refractivity (Wildman–Crippen MR) is 91.5 cm³/mol. The van der Waals surface area contributed by atoms with Gasteiger partial charge < -0.3 is 14.9 Å². The molecule has 2 aliphatic heterocycles. The Bertz CT molecular complexity index is 818. The highest BCUT2D eigenvalue weighted by molar-refractivity contribution is 6.01. The number of anilines is 2. The third-order valence-electron chi connectivity index (χ3n) is 4.88. The van der Waals surface area contributed by atoms with Gasteiger partial charge in [0.05, 0.1) is 6.54 Å². The summed E-state index contributed by atoms with van der Waals surface area (Å²) in [6.45, 7) is 1.31. The first-order chi connectivity index (χ1) is 11.6. The number of rotatable bonds is 3. The maximum Gasteiger partial charge on any atom is 0.312 e. The summed E-state index contributed by atoms with van der Waals surface area (Å²) in [5.41, 5.74) is 3.81. The lowest BCUT2D eigenvalue weighted by atomic mass is 10.0. The van der Waals surface area contributed by atoms with Gasteiger partial charge in [-0.1, -0.05) is 36.4 Å². The summed E-state index contributed by atoms with van der Waals surface area (Å²) >= 11 is 0. The standard InChI is InChI=1S/C19H18N2O3/c22-18(12-20-10-9-13-5-1-3-7-16(13)20)21-11-15(19(23)24)14-6-2-4-8-17(14)21/h1-8,15H,9-12H2,(H,23,24). The summed E-state index contributed by atoms with van der Waals surface area (Å²) in [7, 11) is 0. The van der Waals surface area contributed by atoms with E-state index in [0.717, 1.165) is 29.9 Å². The van der Waals surface area contributed by atoms with Crippen molar-refractivity contribution in [1.82, 2.24) is 0 Å². The summed E-state index contributed by atoms with van der Waals surface area (Å²) in [5, 5.41) is 9.43. The average molecular weight is 322 g/mol. The van der Waals surface area contributed by atoms with E-state index in [1.807, 2.05) is 36.4 Å². The highest BCUT2D eigenvalue weighted by atomic mass is 16.4. The Kier molecular flexibility index (Phi) is 3.49. The van der Waals surface area contributed by atoms with Gasteiger partial charge in [0.25, 0.3) is 0 Å². The van der Waals surface area contributed by atoms with E-state index in [1.165, 1.54) is 5.56 Å². The van der Waals surface area contributed by atoms with Crippen molar-refractivity contribution < 1.29 is 14.7 Å². The number of carbonyl (C=O) groups is 2. The van der Waals surface area contributed by atoms with Crippen LogP contribution in [-0.4, -0.2) is 36.6 Å². The number of amides is 1. The van der Waals surface area contributed by atoms with E-state index < -0.39 is 11.9 Å². The molecule has 2 aromatic rings. The number of hydrogen-bond acceptors (Lipinski definition) is 3. The molecule has 2 heterocycles. The quantitative estimate of drug-likeness (QED) is 0.942. The van der Waals surface area contributed by atoms with Gasteiger partial charge in [0.2, 0.25) is 5.91 Å². The van der Waals surface area contributed by atoms with Crippen LogP contribution in [0.2, 0.25) is 0 Å². The summed E-state index contributed by atoms with van der Waals surface area (Å²) in [6.07, 6.45) is 0.942. The third-order valence-corrected chi connectivity index (χ3v) is 4.88. The maximum absolute atomic E-state index is 12.8. The molecule has 0 saturated heterocycles. The minimum Gasteiger partial charge on any atom is -0.481 e. The number of hydrogen-bond donors (Lipinski definition) is 1. The van der Waals surface area contributed by atoms with Crippen LogP contribution in [0, 0.1) is 0 Å². The van der Waals surface area contributed by atoms with Crippen LogP contribution in [0.3, 0.4) is 0 Å². The molecular weight excluding hydrogens is 304 g/mol. The zero-order valence-corrected chi connectivity index (χ0v) is 13.2. The number of fused-ring (bicyclic) bond motifs is 2. The maximum atomic E-state index is 12.8. The molecule has 0 fully saturated rings. The van der Waals surface area contributed by atoms with Crippen LogP contribution in [0.5, 0.6) is 0 Å². The first-order valence-corrected chi connectivity index (χ1v) is 8.10. The fourth-order valence-electron chi connectivity index (χ4n) is 3.67. The monoisotopic (exact) mass is 322 g/mol. The fourth-order valence-corrected chi connectivity index (χ4v) is 3.67. The zero-order valence-electron chi connectivity index (χ0n) is 13.2. The molecule has 24 heavy (non-hydrogen) atoms. The molecule has 0 aromatic heterocycles. The average Bonchev–Trinajstić information content (AvgIpc) is 3.17. The summed E-state index contributed by atoms with van der Waals surface area (Å²) in [6, 6.07) is 15.4. The number of para-hydroxylation sites is 2. The number of carbonyl (C=O) groups excluding carboxylic acids is 1. The second-order valence-electron chi connectivity index (χ2n) is 6.25. The van der Waals surface area contributed by atoms with Gasteiger partial charge in [-0.05, 0) is 29.7 Å². The second-order valence-corrected chi connectivity index (χ2v) is 6.25. The van der Waals surface area contributed by atoms with Gasteiger partial charge >= 0.3 is 5.97 Å². The SMILES string of the molecule is O=C(O)C1CN(C(=O)CN2CCc3ccccc32)c2ccccc21. The van der Waals surface area contributed by atoms with Gasteiger partial charge in [0.15, 0.2) is 0 Å². The van der Waals surface area contributed by atoms with Crippen LogP contribution in [0.1, 0.15) is 17.0 Å². The number of carboxylic acids is 1. The van der Waals surface area contributed by atoms with Crippen molar-refractivity contribution >= 4 is 23.3 Å². The fraction of sp³-hybridized carbons (Fsp3) is 0.263. The molecule has 0 spiro atoms. The van der Waals surface area contributed by atoms with Crippen molar-refractivity contribution in [3.05, 3.63) is 59.7 Å². The zero-order chi connectivity index (χ0) is 16.7. The Labute approximate surface area is 140 Å². The molecule has 4 rings (SSSR count). The Morgan fingerprint density at radius 1 is 1.04 bits per heavy atom. The van der Waals surface area contributed by atoms with Crippen molar-refractivity contribution in [2.24, 2.45) is 0 Å². The first kappa shape index (κ1) is 14.8. The van der Waals surface area contributed by atoms with Crippen LogP contribution in [0.4, 0.5) is 11.4 Å². The van der Waals surface area contributed by atoms with E-state index >= 15 is 0 Å². The molecule has 5 nitrogen and oxygen atoms in total. The van der Waals surface area contributed by atoms with Gasteiger partial charge in [-0.2, -0.15) is 0 Å². The minimum absolute atomic E-state index is 0.0529. The van der Waals surface area contributed by atoms with Crippen LogP contribution in [-0.2, 0) is 16.0 Å². The molecule has 1 amide bonds. The van der Waals surface area contributed by atoms with Crippen molar-refractivity contribution in [3.63, 3.8) is 0 Å². The lowest BCUT2D eigenvalue weighted by Gasteiger charge is -2.23. The molecule has 1 unspecified atom stereocenters. The Balaban J connectivity index is 1.57. The lowest BCUT2D eigenvalue weighted by molar-refractivity contribution is -0.138. The third kappa shape index (κ3) is 2.33. The molecule has 1 atom stereocenters. The van der Waals surface area contributed by atoms with Crippen LogP contribution in [0.25, 0.3) is 0 Å². The molecule has 5 heteroatoms. The molecule has 0 bridgehead atoms. The van der Waals surface area contributed by atoms with Crippen molar-refractivity contribution in [2.45, 2.75) is 12.3 Å². The van der Waals surface area contributed by atoms with Crippen molar-refractivity contribution in [3.8, 4) is 0 Å². The highest BCUT2D eigenvalue weighted by Crippen LogP contribution is 2.36. The van der Waals surface area contributed by atoms with E-state index in [4.69, 9.17) is 0 Å². The molecule has 122 valence electrons. The van der Waals surface area contributed by atoms with E-state index in [2.05, 4.69) is 11.0 Å². The second kappa shape index (κ2) is 5.67. The van der Waals surface area contributed by atoms with Gasteiger partial charge in [0, 0.05) is 24.5 Å². The molecule has 0 saturated carbocycles. The first-order valence-electron chi connectivity index (χ1n) is 8.10. The van der Waals surface area contributed by atoms with E-state index in [-0.39, 0.29) is 19.0 Å². The topological polar surface area (TPSA) is 60.9 Å². The normalized spacial score (nSPS) is 18.4. The van der Waals surface area contributed by atoms with Crippen LogP contribution < -0.4 is 9.80 Å². The van der Waals surface area contributed by atoms with Crippen molar-refractivity contribution in [2.75, 3.05) is 29.4 Å². The van der Waals surface area contributed by atoms with Crippen LogP contribution in [0.15, 0.2) is 48.5 Å². The van der Waals surface area contributed by atoms with Crippen LogP contribution >= 0.6 is 0 Å². The van der Waals surface area contributed by atoms with Gasteiger partial charge in [0.1, 0.15) is 5.92 Å². The van der Waals surface area contributed by atoms with Crippen molar-refractivity contribution in [1.29, 1.82) is 0 Å². The summed E-state index contributed by atoms with van der Waals surface area (Å²) in [5.74, 6) is -1.58. The van der Waals surface area contributed by atoms with E-state index in [0.29, 0.717) is 0 Å². The number of nitrogens with zero attached hydrogens (tertiary/aromatic N) is 2. The number of benzene rings is 2. The molecule has 0 radical (unpaired) electrons. The van der Waals surface area contributed by atoms with Gasteiger partial charge in [-0.3, -0.25) is 9.59 Å². The van der Waals surface area contributed by atoms with E-state index in [9.17, 15) is 14.7 Å². The number of aliphatic carboxylic acids is 1. The largest absolute Gasteiger partial charge is 0.481 e. The van der Waals surface area contributed by atoms with Gasteiger partial charge in [-0.25, -0.2) is 0 Å². The molecule has 1 N–H and O–H groups in total. The molecule has 2 aliphatic rings. The Hall–Kier alpha value is -2.82. The summed E-state index contributed by atoms with van der Waals surface area (Å²) in [4.78, 5) is 28.0. The summed E-state index contributed by atoms with van der Waals surface area (Å²) < 4.78 is 0. The smallest absolute Gasteiger partial charge is 0.312 e. The predicted octanol–water partition coefficient (Wildman–Crippen LogP) is 2.26. The highest BCUT2D eigenvalue weighted by Gasteiger charge is 2.37. The Morgan fingerprint density at radius 2 is 1.75 bits per heavy atom. The molecule has 2 aromatic carbocycles. The number of carboxylic acid groups (broad SMARTS) is 1. The Morgan fingerprint density at radius 3 is 2.54 bits per heavy atom. The lowest BCUT2D eigenvalue weighted by Crippen LogP contribution is -2.40. The minimum atomic E-state index is -0.885. The molecule has 0 aliphatic carbocycles. The molecular formula is C19H18N2O3. The van der Waals surface area contributed by atoms with Gasteiger partial charge in [-0.15, -0.1) is 0 Å².